The number of aldehydes is 1. The molecule has 1 N–H and O–H groups in total. The molecule has 1 saturated carbocycles. The highest BCUT2D eigenvalue weighted by molar-refractivity contribution is 7.17. The molecule has 2 aliphatic carbocycles. The molecule has 0 spiro atoms. The topological polar surface area (TPSA) is 51.1 Å². The average molecular weight is 421 g/mol. The SMILES string of the molecule is CC1(C)CC(=O)c2c(n(-c3ccc(C=O)c(NC4CCCCC4)c3)c3ccsc23)C1. The van der Waals surface area contributed by atoms with Gasteiger partial charge in [0, 0.05) is 35.1 Å². The molecule has 156 valence electrons. The molecule has 2 aliphatic rings. The first-order valence-electron chi connectivity index (χ1n) is 11.0. The molecular formula is C25H28N2O2S. The van der Waals surface area contributed by atoms with Crippen LogP contribution in [-0.4, -0.2) is 22.7 Å². The van der Waals surface area contributed by atoms with Crippen molar-refractivity contribution < 1.29 is 9.59 Å². The van der Waals surface area contributed by atoms with E-state index in [0.29, 0.717) is 18.0 Å². The van der Waals surface area contributed by atoms with E-state index in [1.54, 1.807) is 11.3 Å². The Bertz CT molecular complexity index is 1130. The van der Waals surface area contributed by atoms with Crippen LogP contribution in [0.15, 0.2) is 29.6 Å². The highest BCUT2D eigenvalue weighted by Gasteiger charge is 2.36. The van der Waals surface area contributed by atoms with E-state index in [1.165, 1.54) is 19.3 Å². The second kappa shape index (κ2) is 7.38. The van der Waals surface area contributed by atoms with Crippen molar-refractivity contribution >= 4 is 39.3 Å². The number of Topliss-reactive ketones (excluding diaryl/α,β-unsaturated/α-hetero) is 1. The molecule has 0 saturated heterocycles. The number of carbonyl (C=O) groups excluding carboxylic acids is 2. The van der Waals surface area contributed by atoms with Crippen molar-refractivity contribution in [3.8, 4) is 5.69 Å². The van der Waals surface area contributed by atoms with E-state index in [-0.39, 0.29) is 11.2 Å². The average Bonchev–Trinajstić information content (AvgIpc) is 3.27. The Labute approximate surface area is 181 Å². The molecule has 0 amide bonds. The number of carbonyl (C=O) groups is 2. The third-order valence-corrected chi connectivity index (χ3v) is 7.54. The molecule has 5 heteroatoms. The van der Waals surface area contributed by atoms with Crippen molar-refractivity contribution in [2.45, 2.75) is 64.8 Å². The van der Waals surface area contributed by atoms with Crippen molar-refractivity contribution in [3.63, 3.8) is 0 Å². The summed E-state index contributed by atoms with van der Waals surface area (Å²) in [6.45, 7) is 4.34. The molecule has 0 atom stereocenters. The maximum atomic E-state index is 13.0. The third-order valence-electron chi connectivity index (χ3n) is 6.62. The minimum atomic E-state index is -0.0474. The first-order chi connectivity index (χ1) is 14.5. The van der Waals surface area contributed by atoms with Crippen LogP contribution in [0.4, 0.5) is 5.69 Å². The van der Waals surface area contributed by atoms with Crippen LogP contribution in [0, 0.1) is 5.41 Å². The number of ketones is 1. The second-order valence-electron chi connectivity index (χ2n) is 9.60. The van der Waals surface area contributed by atoms with Crippen LogP contribution in [0.25, 0.3) is 15.9 Å². The number of anilines is 1. The monoisotopic (exact) mass is 420 g/mol. The molecule has 1 aromatic carbocycles. The summed E-state index contributed by atoms with van der Waals surface area (Å²) < 4.78 is 3.34. The maximum absolute atomic E-state index is 13.0. The maximum Gasteiger partial charge on any atom is 0.166 e. The number of thiophene rings is 1. The van der Waals surface area contributed by atoms with Gasteiger partial charge in [-0.05, 0) is 54.3 Å². The Balaban J connectivity index is 1.64. The van der Waals surface area contributed by atoms with Crippen LogP contribution in [0.1, 0.15) is 78.8 Å². The summed E-state index contributed by atoms with van der Waals surface area (Å²) in [5.41, 5.74) is 5.69. The van der Waals surface area contributed by atoms with Crippen LogP contribution < -0.4 is 5.32 Å². The molecule has 5 rings (SSSR count). The lowest BCUT2D eigenvalue weighted by Crippen LogP contribution is -2.28. The predicted octanol–water partition coefficient (Wildman–Crippen LogP) is 6.40. The Morgan fingerprint density at radius 2 is 1.93 bits per heavy atom. The highest BCUT2D eigenvalue weighted by atomic mass is 32.1. The largest absolute Gasteiger partial charge is 0.382 e. The van der Waals surface area contributed by atoms with Gasteiger partial charge in [0.25, 0.3) is 0 Å². The van der Waals surface area contributed by atoms with Crippen LogP contribution in [0.5, 0.6) is 0 Å². The summed E-state index contributed by atoms with van der Waals surface area (Å²) in [5, 5.41) is 5.71. The zero-order valence-electron chi connectivity index (χ0n) is 17.7. The van der Waals surface area contributed by atoms with E-state index in [2.05, 4.69) is 41.2 Å². The Morgan fingerprint density at radius 1 is 1.13 bits per heavy atom. The van der Waals surface area contributed by atoms with Gasteiger partial charge < -0.3 is 9.88 Å². The van der Waals surface area contributed by atoms with Crippen LogP contribution in [0.2, 0.25) is 0 Å². The summed E-state index contributed by atoms with van der Waals surface area (Å²) in [6.07, 6.45) is 8.49. The minimum Gasteiger partial charge on any atom is -0.382 e. The minimum absolute atomic E-state index is 0.0474. The number of benzene rings is 1. The molecule has 1 fully saturated rings. The van der Waals surface area contributed by atoms with Crippen LogP contribution in [0.3, 0.4) is 0 Å². The van der Waals surface area contributed by atoms with Gasteiger partial charge in [0.2, 0.25) is 0 Å². The van der Waals surface area contributed by atoms with Gasteiger partial charge >= 0.3 is 0 Å². The molecule has 0 bridgehead atoms. The lowest BCUT2D eigenvalue weighted by Gasteiger charge is -2.30. The zero-order chi connectivity index (χ0) is 20.9. The van der Waals surface area contributed by atoms with Crippen molar-refractivity contribution in [1.29, 1.82) is 0 Å². The first kappa shape index (κ1) is 19.6. The lowest BCUT2D eigenvalue weighted by molar-refractivity contribution is 0.0912. The molecule has 2 heterocycles. The number of rotatable bonds is 4. The van der Waals surface area contributed by atoms with Crippen LogP contribution in [-0.2, 0) is 6.42 Å². The molecule has 3 aromatic rings. The first-order valence-corrected chi connectivity index (χ1v) is 11.8. The summed E-state index contributed by atoms with van der Waals surface area (Å²) in [5.74, 6) is 0.248. The lowest BCUT2D eigenvalue weighted by atomic mass is 9.76. The molecule has 4 nitrogen and oxygen atoms in total. The van der Waals surface area contributed by atoms with Gasteiger partial charge in [0.1, 0.15) is 0 Å². The van der Waals surface area contributed by atoms with Crippen molar-refractivity contribution in [2.75, 3.05) is 5.32 Å². The van der Waals surface area contributed by atoms with Gasteiger partial charge in [0.05, 0.1) is 15.8 Å². The Hall–Kier alpha value is -2.40. The van der Waals surface area contributed by atoms with Gasteiger partial charge in [-0.3, -0.25) is 9.59 Å². The van der Waals surface area contributed by atoms with Gasteiger partial charge in [-0.2, -0.15) is 0 Å². The van der Waals surface area contributed by atoms with Gasteiger partial charge in [-0.25, -0.2) is 0 Å². The normalized spacial score (nSPS) is 19.1. The Kier molecular flexibility index (Phi) is 4.81. The fourth-order valence-electron chi connectivity index (χ4n) is 5.22. The van der Waals surface area contributed by atoms with E-state index in [0.717, 1.165) is 58.4 Å². The fourth-order valence-corrected chi connectivity index (χ4v) is 6.18. The van der Waals surface area contributed by atoms with E-state index >= 15 is 0 Å². The number of aromatic nitrogens is 1. The summed E-state index contributed by atoms with van der Waals surface area (Å²) in [4.78, 5) is 24.7. The third kappa shape index (κ3) is 3.29. The summed E-state index contributed by atoms with van der Waals surface area (Å²) >= 11 is 1.65. The van der Waals surface area contributed by atoms with E-state index < -0.39 is 0 Å². The number of nitrogens with zero attached hydrogens (tertiary/aromatic N) is 1. The van der Waals surface area contributed by atoms with Gasteiger partial charge in [-0.15, -0.1) is 11.3 Å². The molecule has 0 radical (unpaired) electrons. The fraction of sp³-hybridized carbons (Fsp3) is 0.440. The van der Waals surface area contributed by atoms with Gasteiger partial charge in [-0.1, -0.05) is 33.1 Å². The molecular weight excluding hydrogens is 392 g/mol. The number of nitrogens with one attached hydrogen (secondary N) is 1. The highest BCUT2D eigenvalue weighted by Crippen LogP contribution is 2.43. The zero-order valence-corrected chi connectivity index (χ0v) is 18.5. The van der Waals surface area contributed by atoms with Crippen molar-refractivity contribution in [3.05, 3.63) is 46.5 Å². The number of hydrogen-bond acceptors (Lipinski definition) is 4. The van der Waals surface area contributed by atoms with Gasteiger partial charge in [0.15, 0.2) is 12.1 Å². The predicted molar refractivity (Wildman–Crippen MR) is 123 cm³/mol. The van der Waals surface area contributed by atoms with Crippen molar-refractivity contribution in [1.82, 2.24) is 4.57 Å². The van der Waals surface area contributed by atoms with E-state index in [1.807, 2.05) is 12.1 Å². The quantitative estimate of drug-likeness (QED) is 0.497. The van der Waals surface area contributed by atoms with E-state index in [4.69, 9.17) is 0 Å². The standard InChI is InChI=1S/C25H28N2O2S/c1-25(2)13-21-23(22(29)14-25)24-20(10-11-30-24)27(21)18-9-8-16(15-28)19(12-18)26-17-6-4-3-5-7-17/h8-12,15,17,26H,3-7,13-14H2,1-2H3. The Morgan fingerprint density at radius 3 is 2.70 bits per heavy atom. The molecule has 0 unspecified atom stereocenters. The number of fused-ring (bicyclic) bond motifs is 3. The molecule has 0 aliphatic heterocycles. The van der Waals surface area contributed by atoms with Crippen molar-refractivity contribution in [2.24, 2.45) is 5.41 Å². The van der Waals surface area contributed by atoms with E-state index in [9.17, 15) is 9.59 Å². The smallest absolute Gasteiger partial charge is 0.166 e. The van der Waals surface area contributed by atoms with Crippen LogP contribution >= 0.6 is 11.3 Å². The number of hydrogen-bond donors (Lipinski definition) is 1. The molecule has 2 aromatic heterocycles. The second-order valence-corrected chi connectivity index (χ2v) is 10.5. The summed E-state index contributed by atoms with van der Waals surface area (Å²) in [6, 6.07) is 8.56. The summed E-state index contributed by atoms with van der Waals surface area (Å²) in [7, 11) is 0. The molecule has 30 heavy (non-hydrogen) atoms.